The van der Waals surface area contributed by atoms with Gasteiger partial charge in [-0.25, -0.2) is 4.79 Å². The van der Waals surface area contributed by atoms with Gasteiger partial charge in [-0.2, -0.15) is 0 Å². The van der Waals surface area contributed by atoms with Crippen molar-refractivity contribution in [1.29, 1.82) is 0 Å². The largest absolute Gasteiger partial charge is 0.481 e. The molecule has 1 aromatic carbocycles. The van der Waals surface area contributed by atoms with Crippen molar-refractivity contribution < 1.29 is 39.2 Å². The summed E-state index contributed by atoms with van der Waals surface area (Å²) in [5.41, 5.74) is 0.631. The van der Waals surface area contributed by atoms with E-state index < -0.39 is 41.0 Å². The highest BCUT2D eigenvalue weighted by molar-refractivity contribution is 5.85. The van der Waals surface area contributed by atoms with Gasteiger partial charge in [-0.1, -0.05) is 26.0 Å². The summed E-state index contributed by atoms with van der Waals surface area (Å²) in [7, 11) is 2.00. The number of hydrogen-bond acceptors (Lipinski definition) is 8. The van der Waals surface area contributed by atoms with Crippen molar-refractivity contribution in [3.63, 3.8) is 0 Å². The van der Waals surface area contributed by atoms with Gasteiger partial charge in [0.05, 0.1) is 17.6 Å². The number of piperidine rings is 1. The summed E-state index contributed by atoms with van der Waals surface area (Å²) in [6.45, 7) is 3.83. The van der Waals surface area contributed by atoms with Gasteiger partial charge in [-0.05, 0) is 44.5 Å². The molecule has 0 aromatic heterocycles. The van der Waals surface area contributed by atoms with E-state index in [1.807, 2.05) is 19.2 Å². The van der Waals surface area contributed by atoms with E-state index in [0.717, 1.165) is 17.7 Å². The van der Waals surface area contributed by atoms with Crippen molar-refractivity contribution in [3.05, 3.63) is 40.7 Å². The number of likely N-dealkylation sites (tertiary alicyclic amines) is 1. The second-order valence-corrected chi connectivity index (χ2v) is 11.0. The predicted molar refractivity (Wildman–Crippen MR) is 131 cm³/mol. The number of carboxylic acids is 1. The first-order valence-electron chi connectivity index (χ1n) is 12.8. The number of esters is 1. The number of carboxylic acid groups (broad SMARTS) is 1. The van der Waals surface area contributed by atoms with Crippen LogP contribution in [-0.2, 0) is 37.6 Å². The topological polar surface area (TPSA) is 146 Å². The van der Waals surface area contributed by atoms with E-state index in [2.05, 4.69) is 10.2 Å². The first-order chi connectivity index (χ1) is 17.5. The lowest BCUT2D eigenvalue weighted by Gasteiger charge is -2.61. The number of hydrogen-bond donors (Lipinski definition) is 4. The molecule has 1 fully saturated rings. The molecule has 1 amide bonds. The van der Waals surface area contributed by atoms with Gasteiger partial charge in [0, 0.05) is 35.9 Å². The van der Waals surface area contributed by atoms with Crippen molar-refractivity contribution in [2.45, 2.75) is 81.8 Å². The van der Waals surface area contributed by atoms with Gasteiger partial charge in [-0.15, -0.1) is 0 Å². The van der Waals surface area contributed by atoms with Gasteiger partial charge in [0.15, 0.2) is 6.10 Å². The van der Waals surface area contributed by atoms with Crippen molar-refractivity contribution in [1.82, 2.24) is 10.2 Å². The minimum Gasteiger partial charge on any atom is -0.481 e. The third-order valence-corrected chi connectivity index (χ3v) is 8.63. The zero-order valence-corrected chi connectivity index (χ0v) is 21.3. The molecule has 5 rings (SSSR count). The number of nitrogens with one attached hydrogen (secondary N) is 1. The van der Waals surface area contributed by atoms with Crippen molar-refractivity contribution >= 4 is 17.8 Å². The van der Waals surface area contributed by atoms with Crippen molar-refractivity contribution in [2.24, 2.45) is 5.92 Å². The van der Waals surface area contributed by atoms with Crippen LogP contribution in [0.3, 0.4) is 0 Å². The van der Waals surface area contributed by atoms with Crippen LogP contribution in [0.2, 0.25) is 0 Å². The molecule has 1 aromatic rings. The first kappa shape index (κ1) is 25.7. The Balaban J connectivity index is 1.41. The predicted octanol–water partition coefficient (Wildman–Crippen LogP) is 1.01. The number of ether oxygens (including phenoxy) is 2. The molecule has 200 valence electrons. The van der Waals surface area contributed by atoms with Crippen LogP contribution in [0.1, 0.15) is 56.2 Å². The third-order valence-electron chi connectivity index (χ3n) is 8.63. The number of aliphatic hydroxyl groups excluding tert-OH is 1. The van der Waals surface area contributed by atoms with E-state index in [0.29, 0.717) is 29.9 Å². The maximum atomic E-state index is 12.9. The first-order valence-corrected chi connectivity index (χ1v) is 12.8. The Morgan fingerprint density at radius 1 is 1.30 bits per heavy atom. The SMILES string of the molecule is CC(C)C(=O)N[C@@H](CCC(=O)OC1=CC[C@@]2(O)[C@H]3Cc4ccc(CO)c5c4[C@@]2(CCN3C)[C@H]1O5)C(=O)O. The van der Waals surface area contributed by atoms with Crippen molar-refractivity contribution in [3.8, 4) is 5.75 Å². The van der Waals surface area contributed by atoms with Gasteiger partial charge >= 0.3 is 11.9 Å². The number of aliphatic hydroxyl groups is 2. The Hall–Kier alpha value is -2.95. The lowest BCUT2D eigenvalue weighted by Crippen LogP contribution is -2.74. The lowest BCUT2D eigenvalue weighted by molar-refractivity contribution is -0.169. The summed E-state index contributed by atoms with van der Waals surface area (Å²) in [5, 5.41) is 34.1. The summed E-state index contributed by atoms with van der Waals surface area (Å²) < 4.78 is 12.2. The molecule has 2 heterocycles. The molecule has 10 heteroatoms. The normalized spacial score (nSPS) is 30.2. The highest BCUT2D eigenvalue weighted by Gasteiger charge is 2.71. The van der Waals surface area contributed by atoms with Crippen LogP contribution in [0.4, 0.5) is 0 Å². The van der Waals surface area contributed by atoms with E-state index in [9.17, 15) is 29.7 Å². The number of rotatable bonds is 8. The lowest BCUT2D eigenvalue weighted by atomic mass is 9.50. The summed E-state index contributed by atoms with van der Waals surface area (Å²) in [6.07, 6.45) is 2.14. The van der Waals surface area contributed by atoms with E-state index in [-0.39, 0.29) is 37.8 Å². The zero-order valence-electron chi connectivity index (χ0n) is 21.3. The number of carbonyl (C=O) groups is 3. The fourth-order valence-electron chi connectivity index (χ4n) is 6.67. The maximum absolute atomic E-state index is 12.9. The number of likely N-dealkylation sites (N-methyl/N-ethyl adjacent to an activating group) is 1. The molecule has 10 nitrogen and oxygen atoms in total. The van der Waals surface area contributed by atoms with Gasteiger partial charge in [0.1, 0.15) is 17.6 Å². The highest BCUT2D eigenvalue weighted by atomic mass is 16.6. The molecule has 2 aliphatic carbocycles. The van der Waals surface area contributed by atoms with Gasteiger partial charge in [-0.3, -0.25) is 9.59 Å². The Labute approximate surface area is 215 Å². The number of carbonyl (C=O) groups excluding carboxylic acids is 2. The minimum atomic E-state index is -1.22. The molecule has 4 N–H and O–H groups in total. The molecule has 1 saturated heterocycles. The highest BCUT2D eigenvalue weighted by Crippen LogP contribution is 2.64. The second kappa shape index (κ2) is 9.11. The number of aliphatic carboxylic acids is 1. The average Bonchev–Trinajstić information content (AvgIpc) is 3.21. The molecule has 2 aliphatic heterocycles. The molecule has 4 aliphatic rings. The number of amides is 1. The molecule has 5 atom stereocenters. The van der Waals surface area contributed by atoms with Crippen LogP contribution in [-0.4, -0.2) is 75.4 Å². The van der Waals surface area contributed by atoms with E-state index >= 15 is 0 Å². The van der Waals surface area contributed by atoms with Gasteiger partial charge < -0.3 is 35.0 Å². The molecular formula is C27H34N2O8. The smallest absolute Gasteiger partial charge is 0.326 e. The van der Waals surface area contributed by atoms with Crippen LogP contribution in [0.5, 0.6) is 5.75 Å². The Morgan fingerprint density at radius 3 is 2.73 bits per heavy atom. The van der Waals surface area contributed by atoms with E-state index in [1.54, 1.807) is 19.9 Å². The monoisotopic (exact) mass is 514 g/mol. The fourth-order valence-corrected chi connectivity index (χ4v) is 6.67. The van der Waals surface area contributed by atoms with Crippen LogP contribution >= 0.6 is 0 Å². The quantitative estimate of drug-likeness (QED) is 0.373. The number of benzene rings is 1. The Kier molecular flexibility index (Phi) is 6.32. The maximum Gasteiger partial charge on any atom is 0.326 e. The van der Waals surface area contributed by atoms with E-state index in [4.69, 9.17) is 9.47 Å². The van der Waals surface area contributed by atoms with Crippen LogP contribution in [0.25, 0.3) is 0 Å². The summed E-state index contributed by atoms with van der Waals surface area (Å²) >= 11 is 0. The van der Waals surface area contributed by atoms with Gasteiger partial charge in [0.2, 0.25) is 5.91 Å². The Bertz CT molecular complexity index is 1180. The van der Waals surface area contributed by atoms with Gasteiger partial charge in [0.25, 0.3) is 0 Å². The summed E-state index contributed by atoms with van der Waals surface area (Å²) in [5.74, 6) is -1.80. The molecule has 37 heavy (non-hydrogen) atoms. The number of nitrogens with zero attached hydrogens (tertiary/aromatic N) is 1. The fraction of sp³-hybridized carbons (Fsp3) is 0.593. The standard InChI is InChI=1S/C27H34N2O8/c1-14(2)24(32)28-17(25(33)34)6-7-20(31)36-18-8-9-27(35)19-12-15-4-5-16(13-30)22-21(15)26(27,23(18)37-22)10-11-29(19)3/h4-5,8,14,17,19,23,30,35H,6-7,9-13H2,1-3H3,(H,28,32)(H,33,34)/t17-,19+,23-,26-,27+/m0/s1. The molecule has 0 radical (unpaired) electrons. The Morgan fingerprint density at radius 2 is 2.05 bits per heavy atom. The second-order valence-electron chi connectivity index (χ2n) is 11.0. The third kappa shape index (κ3) is 3.76. The minimum absolute atomic E-state index is 0.119. The summed E-state index contributed by atoms with van der Waals surface area (Å²) in [6, 6.07) is 2.49. The van der Waals surface area contributed by atoms with Crippen LogP contribution in [0, 0.1) is 5.92 Å². The molecule has 0 saturated carbocycles. The summed E-state index contributed by atoms with van der Waals surface area (Å²) in [4.78, 5) is 38.6. The van der Waals surface area contributed by atoms with Crippen LogP contribution < -0.4 is 10.1 Å². The molecule has 1 spiro atoms. The molecule has 2 bridgehead atoms. The molecular weight excluding hydrogens is 480 g/mol. The van der Waals surface area contributed by atoms with Crippen LogP contribution in [0.15, 0.2) is 24.0 Å². The zero-order chi connectivity index (χ0) is 26.7. The van der Waals surface area contributed by atoms with E-state index in [1.165, 1.54) is 0 Å². The average molecular weight is 515 g/mol. The molecule has 0 unspecified atom stereocenters. The van der Waals surface area contributed by atoms with Crippen molar-refractivity contribution in [2.75, 3.05) is 13.6 Å².